The summed E-state index contributed by atoms with van der Waals surface area (Å²) in [4.78, 5) is 55.5. The Kier molecular flexibility index (Phi) is 5.55. The average Bonchev–Trinajstić information content (AvgIpc) is 3.67. The second-order valence-corrected chi connectivity index (χ2v) is 12.7. The van der Waals surface area contributed by atoms with E-state index in [1.165, 1.54) is 43.4 Å². The van der Waals surface area contributed by atoms with Gasteiger partial charge in [0.15, 0.2) is 11.5 Å². The summed E-state index contributed by atoms with van der Waals surface area (Å²) in [5.74, 6) is -1.73. The van der Waals surface area contributed by atoms with E-state index >= 15 is 0 Å². The Morgan fingerprint density at radius 3 is 2.25 bits per heavy atom. The third-order valence-corrected chi connectivity index (χ3v) is 11.5. The highest BCUT2D eigenvalue weighted by Gasteiger charge is 2.69. The summed E-state index contributed by atoms with van der Waals surface area (Å²) >= 11 is 2.71. The highest BCUT2D eigenvalue weighted by Crippen LogP contribution is 2.69. The van der Waals surface area contributed by atoms with Gasteiger partial charge in [0.05, 0.1) is 41.7 Å². The van der Waals surface area contributed by atoms with Crippen LogP contribution in [0.25, 0.3) is 0 Å². The second-order valence-electron chi connectivity index (χ2n) is 10.5. The molecular formula is C27H23N3O8S2. The number of aromatic nitrogens is 1. The topological polar surface area (TPSA) is 152 Å². The molecule has 2 aromatic carbocycles. The molecule has 2 aliphatic carbocycles. The molecular weight excluding hydrogens is 558 g/mol. The van der Waals surface area contributed by atoms with Crippen molar-refractivity contribution in [3.63, 3.8) is 0 Å². The Bertz CT molecular complexity index is 1620. The number of nitrogens with zero attached hydrogens (tertiary/aromatic N) is 2. The van der Waals surface area contributed by atoms with Crippen LogP contribution in [0, 0.1) is 39.7 Å². The lowest BCUT2D eigenvalue weighted by Crippen LogP contribution is -2.42. The van der Waals surface area contributed by atoms with Crippen LogP contribution in [0.3, 0.4) is 0 Å². The molecule has 2 bridgehead atoms. The van der Waals surface area contributed by atoms with Crippen LogP contribution in [0.1, 0.15) is 22.8 Å². The molecule has 7 atom stereocenters. The molecule has 40 heavy (non-hydrogen) atoms. The van der Waals surface area contributed by atoms with Crippen molar-refractivity contribution in [3.8, 4) is 17.2 Å². The molecule has 0 radical (unpaired) electrons. The van der Waals surface area contributed by atoms with E-state index in [0.29, 0.717) is 12.1 Å². The van der Waals surface area contributed by atoms with E-state index in [0.717, 1.165) is 26.8 Å². The molecule has 3 aromatic rings. The van der Waals surface area contributed by atoms with Gasteiger partial charge >= 0.3 is 4.87 Å². The predicted octanol–water partition coefficient (Wildman–Crippen LogP) is 3.75. The number of thioether (sulfide) groups is 1. The number of carbonyl (C=O) groups excluding carboxylic acids is 2. The van der Waals surface area contributed by atoms with E-state index in [-0.39, 0.29) is 68.5 Å². The van der Waals surface area contributed by atoms with Crippen LogP contribution in [0.5, 0.6) is 17.2 Å². The van der Waals surface area contributed by atoms with Gasteiger partial charge in [-0.25, -0.2) is 0 Å². The molecule has 13 heteroatoms. The minimum atomic E-state index is -0.523. The smallest absolute Gasteiger partial charge is 0.305 e. The number of nitrogens with one attached hydrogen (secondary N) is 1. The third kappa shape index (κ3) is 3.33. The molecule has 2 N–H and O–H groups in total. The Morgan fingerprint density at radius 1 is 1.02 bits per heavy atom. The zero-order valence-corrected chi connectivity index (χ0v) is 22.9. The number of carbonyl (C=O) groups is 2. The van der Waals surface area contributed by atoms with Crippen LogP contribution < -0.4 is 19.2 Å². The molecule has 3 fully saturated rings. The summed E-state index contributed by atoms with van der Waals surface area (Å²) in [5.41, 5.74) is 1.01. The number of methoxy groups -OCH3 is 2. The lowest BCUT2D eigenvalue weighted by molar-refractivity contribution is -0.384. The number of phenols is 1. The van der Waals surface area contributed by atoms with Crippen molar-refractivity contribution in [1.29, 1.82) is 0 Å². The number of aromatic amines is 1. The lowest BCUT2D eigenvalue weighted by atomic mass is 9.68. The van der Waals surface area contributed by atoms with Crippen LogP contribution >= 0.6 is 23.1 Å². The summed E-state index contributed by atoms with van der Waals surface area (Å²) in [5, 5.41) is 22.4. The van der Waals surface area contributed by atoms with Crippen molar-refractivity contribution in [2.45, 2.75) is 22.6 Å². The number of benzene rings is 2. The maximum Gasteiger partial charge on any atom is 0.305 e. The molecule has 11 nitrogen and oxygen atoms in total. The van der Waals surface area contributed by atoms with Gasteiger partial charge in [-0.15, -0.1) is 11.8 Å². The lowest BCUT2D eigenvalue weighted by Gasteiger charge is -2.43. The maximum atomic E-state index is 13.9. The Morgan fingerprint density at radius 2 is 1.65 bits per heavy atom. The van der Waals surface area contributed by atoms with Crippen molar-refractivity contribution in [2.24, 2.45) is 29.6 Å². The zero-order valence-electron chi connectivity index (χ0n) is 21.2. The van der Waals surface area contributed by atoms with Gasteiger partial charge in [-0.3, -0.25) is 29.4 Å². The van der Waals surface area contributed by atoms with Crippen molar-refractivity contribution < 1.29 is 29.1 Å². The van der Waals surface area contributed by atoms with Crippen LogP contribution in [0.4, 0.5) is 11.4 Å². The zero-order chi connectivity index (χ0) is 28.0. The number of hydrogen-bond acceptors (Lipinski definition) is 10. The molecule has 2 saturated carbocycles. The fourth-order valence-corrected chi connectivity index (χ4v) is 10.4. The number of hydrogen-bond donors (Lipinski definition) is 2. The number of fused-ring (bicyclic) bond motifs is 9. The predicted molar refractivity (Wildman–Crippen MR) is 145 cm³/mol. The van der Waals surface area contributed by atoms with Crippen LogP contribution in [0.2, 0.25) is 0 Å². The number of anilines is 1. The van der Waals surface area contributed by atoms with Crippen molar-refractivity contribution >= 4 is 46.3 Å². The number of nitro benzene ring substituents is 1. The second kappa shape index (κ2) is 8.83. The van der Waals surface area contributed by atoms with E-state index in [2.05, 4.69) is 4.98 Å². The van der Waals surface area contributed by atoms with E-state index in [1.807, 2.05) is 0 Å². The van der Waals surface area contributed by atoms with Crippen molar-refractivity contribution in [2.75, 3.05) is 19.1 Å². The number of imide groups is 1. The number of nitro groups is 1. The van der Waals surface area contributed by atoms with Gasteiger partial charge in [0, 0.05) is 28.2 Å². The number of thiazole rings is 1. The molecule has 3 heterocycles. The van der Waals surface area contributed by atoms with Crippen LogP contribution in [0.15, 0.2) is 46.2 Å². The van der Waals surface area contributed by atoms with E-state index in [9.17, 15) is 29.6 Å². The molecule has 2 amide bonds. The summed E-state index contributed by atoms with van der Waals surface area (Å²) in [7, 11) is 2.91. The first-order chi connectivity index (χ1) is 19.2. The molecule has 1 aromatic heterocycles. The fourth-order valence-electron chi connectivity index (χ4n) is 7.46. The maximum absolute atomic E-state index is 13.9. The average molecular weight is 582 g/mol. The Labute approximate surface area is 235 Å². The first kappa shape index (κ1) is 25.1. The van der Waals surface area contributed by atoms with E-state index in [1.54, 1.807) is 23.9 Å². The molecule has 0 spiro atoms. The van der Waals surface area contributed by atoms with Gasteiger partial charge in [0.1, 0.15) is 0 Å². The minimum Gasteiger partial charge on any atom is -0.502 e. The van der Waals surface area contributed by atoms with Gasteiger partial charge in [0.2, 0.25) is 17.6 Å². The Balaban J connectivity index is 1.32. The quantitative estimate of drug-likeness (QED) is 0.261. The number of phenolic OH excluding ortho intramolecular Hbond substituents is 1. The third-order valence-electron chi connectivity index (χ3n) is 8.90. The minimum absolute atomic E-state index is 0.0200. The highest BCUT2D eigenvalue weighted by molar-refractivity contribution is 8.00. The number of ether oxygens (including phenoxy) is 2. The Hall–Kier alpha value is -3.84. The van der Waals surface area contributed by atoms with Gasteiger partial charge in [0.25, 0.3) is 5.69 Å². The SMILES string of the molecule is COc1cc([C@H]2c3sc(=O)[nH]c3SC3C4CC(C5C(=O)N(c6ccc([N+](=O)[O-])cc6)C(=O)C45)C32)cc(OC)c1O. The number of H-pyrrole nitrogens is 1. The summed E-state index contributed by atoms with van der Waals surface area (Å²) in [6.07, 6.45) is 0.714. The normalized spacial score (nSPS) is 29.8. The highest BCUT2D eigenvalue weighted by atomic mass is 32.2. The molecule has 2 aliphatic heterocycles. The summed E-state index contributed by atoms with van der Waals surface area (Å²) in [6.45, 7) is 0. The van der Waals surface area contributed by atoms with Gasteiger partial charge in [-0.2, -0.15) is 0 Å². The number of aromatic hydroxyl groups is 1. The van der Waals surface area contributed by atoms with Crippen molar-refractivity contribution in [1.82, 2.24) is 4.98 Å². The van der Waals surface area contributed by atoms with Crippen molar-refractivity contribution in [3.05, 3.63) is 66.6 Å². The fraction of sp³-hybridized carbons (Fsp3) is 0.370. The molecule has 206 valence electrons. The van der Waals surface area contributed by atoms with Crippen LogP contribution in [-0.4, -0.2) is 46.3 Å². The number of amides is 2. The first-order valence-corrected chi connectivity index (χ1v) is 14.4. The number of non-ortho nitro benzene ring substituents is 1. The van der Waals surface area contributed by atoms with E-state index < -0.39 is 16.8 Å². The van der Waals surface area contributed by atoms with Crippen LogP contribution in [-0.2, 0) is 9.59 Å². The van der Waals surface area contributed by atoms with Gasteiger partial charge < -0.3 is 19.6 Å². The van der Waals surface area contributed by atoms with Gasteiger partial charge in [-0.05, 0) is 54.0 Å². The number of rotatable bonds is 5. The van der Waals surface area contributed by atoms with E-state index in [4.69, 9.17) is 9.47 Å². The first-order valence-electron chi connectivity index (χ1n) is 12.7. The summed E-state index contributed by atoms with van der Waals surface area (Å²) in [6, 6.07) is 8.97. The molecule has 6 unspecified atom stereocenters. The standard InChI is InChI=1S/C27H23N3O8S2/c1-37-15-7-10(8-16(38-2)21(15)31)17-18-13-9-14(22(18)39-24-23(17)40-27(34)28-24)20-19(13)25(32)29(26(20)33)11-3-5-12(6-4-11)30(35)36/h3-8,13-14,17-20,22,31H,9H2,1-2H3,(H,28,34)/t13?,14?,17-,18?,19?,20?,22?/m1/s1. The largest absolute Gasteiger partial charge is 0.502 e. The molecule has 4 aliphatic rings. The monoisotopic (exact) mass is 581 g/mol. The molecule has 7 rings (SSSR count). The van der Waals surface area contributed by atoms with Gasteiger partial charge in [-0.1, -0.05) is 11.3 Å². The molecule has 1 saturated heterocycles. The summed E-state index contributed by atoms with van der Waals surface area (Å²) < 4.78 is 10.8.